The van der Waals surface area contributed by atoms with Gasteiger partial charge in [0.2, 0.25) is 5.91 Å². The second kappa shape index (κ2) is 8.52. The minimum atomic E-state index is -0.523. The molecule has 0 unspecified atom stereocenters. The fraction of sp³-hybridized carbons (Fsp3) is 0.400. The zero-order chi connectivity index (χ0) is 20.1. The van der Waals surface area contributed by atoms with Crippen molar-refractivity contribution >= 4 is 28.8 Å². The Bertz CT molecular complexity index is 874. The third-order valence-corrected chi connectivity index (χ3v) is 6.42. The average Bonchev–Trinajstić information content (AvgIpc) is 3.37. The first-order valence-electron chi connectivity index (χ1n) is 9.25. The third kappa shape index (κ3) is 4.39. The highest BCUT2D eigenvalue weighted by molar-refractivity contribution is 7.10. The number of nitro groups is 1. The maximum Gasteiger partial charge on any atom is 0.273 e. The number of carbonyl (C=O) groups excluding carboxylic acids is 2. The second-order valence-corrected chi connectivity index (χ2v) is 8.13. The van der Waals surface area contributed by atoms with E-state index in [1.165, 1.54) is 23.1 Å². The summed E-state index contributed by atoms with van der Waals surface area (Å²) in [7, 11) is 0. The molecule has 0 radical (unpaired) electrons. The van der Waals surface area contributed by atoms with Gasteiger partial charge in [0.25, 0.3) is 11.6 Å². The zero-order valence-corrected chi connectivity index (χ0v) is 16.5. The van der Waals surface area contributed by atoms with E-state index in [0.29, 0.717) is 12.1 Å². The van der Waals surface area contributed by atoms with Crippen molar-refractivity contribution in [2.24, 2.45) is 0 Å². The van der Waals surface area contributed by atoms with Crippen molar-refractivity contribution in [1.82, 2.24) is 10.6 Å². The van der Waals surface area contributed by atoms with Crippen molar-refractivity contribution in [3.63, 3.8) is 0 Å². The molecule has 28 heavy (non-hydrogen) atoms. The van der Waals surface area contributed by atoms with Crippen LogP contribution in [-0.2, 0) is 10.2 Å². The summed E-state index contributed by atoms with van der Waals surface area (Å²) in [5.41, 5.74) is 0.521. The maximum atomic E-state index is 12.2. The van der Waals surface area contributed by atoms with Crippen molar-refractivity contribution in [3.05, 3.63) is 61.8 Å². The topological polar surface area (TPSA) is 101 Å². The van der Waals surface area contributed by atoms with Crippen molar-refractivity contribution in [1.29, 1.82) is 0 Å². The molecule has 1 heterocycles. The van der Waals surface area contributed by atoms with Crippen molar-refractivity contribution in [2.75, 3.05) is 13.1 Å². The van der Waals surface area contributed by atoms with E-state index in [1.54, 1.807) is 18.3 Å². The molecule has 1 aromatic carbocycles. The summed E-state index contributed by atoms with van der Waals surface area (Å²) in [6, 6.07) is 8.42. The molecular weight excluding hydrogens is 378 g/mol. The van der Waals surface area contributed by atoms with Gasteiger partial charge in [-0.25, -0.2) is 0 Å². The second-order valence-electron chi connectivity index (χ2n) is 7.18. The van der Waals surface area contributed by atoms with Gasteiger partial charge in [0.15, 0.2) is 0 Å². The van der Waals surface area contributed by atoms with E-state index in [1.807, 2.05) is 6.07 Å². The molecule has 0 atom stereocenters. The van der Waals surface area contributed by atoms with Gasteiger partial charge in [-0.05, 0) is 37.3 Å². The number of hydrogen-bond donors (Lipinski definition) is 2. The van der Waals surface area contributed by atoms with E-state index in [4.69, 9.17) is 0 Å². The molecule has 1 saturated carbocycles. The molecule has 1 aliphatic rings. The number of nitrogens with zero attached hydrogens (tertiary/aromatic N) is 1. The third-order valence-electron chi connectivity index (χ3n) is 5.31. The molecular formula is C20H23N3O4S. The molecule has 1 aromatic heterocycles. The first-order valence-corrected chi connectivity index (χ1v) is 10.1. The molecule has 0 spiro atoms. The van der Waals surface area contributed by atoms with Gasteiger partial charge in [0.05, 0.1) is 11.5 Å². The van der Waals surface area contributed by atoms with Crippen molar-refractivity contribution in [3.8, 4) is 0 Å². The lowest BCUT2D eigenvalue weighted by atomic mass is 9.84. The van der Waals surface area contributed by atoms with Crippen LogP contribution in [0.2, 0.25) is 0 Å². The Hall–Kier alpha value is -2.74. The van der Waals surface area contributed by atoms with Gasteiger partial charge in [-0.3, -0.25) is 19.7 Å². The molecule has 0 saturated heterocycles. The molecule has 3 rings (SSSR count). The number of benzene rings is 1. The molecule has 8 heteroatoms. The predicted molar refractivity (Wildman–Crippen MR) is 108 cm³/mol. The molecule has 1 fully saturated rings. The van der Waals surface area contributed by atoms with Gasteiger partial charge < -0.3 is 10.6 Å². The molecule has 2 aromatic rings. The first-order chi connectivity index (χ1) is 13.4. The van der Waals surface area contributed by atoms with Crippen LogP contribution in [0, 0.1) is 17.0 Å². The minimum Gasteiger partial charge on any atom is -0.354 e. The van der Waals surface area contributed by atoms with Crippen LogP contribution in [0.4, 0.5) is 5.69 Å². The fourth-order valence-corrected chi connectivity index (χ4v) is 4.67. The Labute approximate surface area is 167 Å². The lowest BCUT2D eigenvalue weighted by Crippen LogP contribution is -2.43. The molecule has 1 aliphatic carbocycles. The lowest BCUT2D eigenvalue weighted by molar-refractivity contribution is -0.385. The number of hydrogen-bond acceptors (Lipinski definition) is 5. The van der Waals surface area contributed by atoms with Crippen LogP contribution >= 0.6 is 11.3 Å². The predicted octanol–water partition coefficient (Wildman–Crippen LogP) is 3.32. The Morgan fingerprint density at radius 2 is 1.96 bits per heavy atom. The van der Waals surface area contributed by atoms with Gasteiger partial charge in [0.1, 0.15) is 0 Å². The Morgan fingerprint density at radius 1 is 1.21 bits per heavy atom. The summed E-state index contributed by atoms with van der Waals surface area (Å²) in [6.45, 7) is 2.00. The summed E-state index contributed by atoms with van der Waals surface area (Å²) in [5.74, 6) is -0.773. The van der Waals surface area contributed by atoms with Crippen LogP contribution in [0.15, 0.2) is 35.7 Å². The standard InChI is InChI=1S/C20H23N3O4S/c1-14-6-7-15(11-16(14)23(26)27)19(25)21-12-18(24)22-13-20(8-2-3-9-20)17-5-4-10-28-17/h4-7,10-11H,2-3,8-9,12-13H2,1H3,(H,21,25)(H,22,24). The van der Waals surface area contributed by atoms with Crippen LogP contribution in [0.3, 0.4) is 0 Å². The highest BCUT2D eigenvalue weighted by atomic mass is 32.1. The molecule has 148 valence electrons. The maximum absolute atomic E-state index is 12.2. The van der Waals surface area contributed by atoms with Gasteiger partial charge in [0, 0.05) is 34.0 Å². The molecule has 0 bridgehead atoms. The fourth-order valence-electron chi connectivity index (χ4n) is 3.68. The highest BCUT2D eigenvalue weighted by Gasteiger charge is 2.36. The number of nitrogens with one attached hydrogen (secondary N) is 2. The van der Waals surface area contributed by atoms with E-state index in [-0.39, 0.29) is 29.1 Å². The number of thiophene rings is 1. The van der Waals surface area contributed by atoms with Crippen molar-refractivity contribution < 1.29 is 14.5 Å². The average molecular weight is 401 g/mol. The Morgan fingerprint density at radius 3 is 2.61 bits per heavy atom. The number of nitro benzene ring substituents is 1. The normalized spacial score (nSPS) is 15.2. The van der Waals surface area contributed by atoms with Crippen LogP contribution in [0.25, 0.3) is 0 Å². The largest absolute Gasteiger partial charge is 0.354 e. The van der Waals surface area contributed by atoms with Crippen LogP contribution < -0.4 is 10.6 Å². The summed E-state index contributed by atoms with van der Waals surface area (Å²) in [5, 5.41) is 18.5. The Kier molecular flexibility index (Phi) is 6.08. The van der Waals surface area contributed by atoms with Gasteiger partial charge in [-0.1, -0.05) is 25.0 Å². The summed E-state index contributed by atoms with van der Waals surface area (Å²) in [6.07, 6.45) is 4.40. The number of amides is 2. The van der Waals surface area contributed by atoms with E-state index in [9.17, 15) is 19.7 Å². The molecule has 0 aliphatic heterocycles. The smallest absolute Gasteiger partial charge is 0.273 e. The van der Waals surface area contributed by atoms with Crippen LogP contribution in [0.5, 0.6) is 0 Å². The molecule has 2 N–H and O–H groups in total. The Balaban J connectivity index is 1.55. The molecule has 2 amide bonds. The van der Waals surface area contributed by atoms with E-state index >= 15 is 0 Å². The quantitative estimate of drug-likeness (QED) is 0.549. The zero-order valence-electron chi connectivity index (χ0n) is 15.7. The number of aryl methyl sites for hydroxylation is 1. The van der Waals surface area contributed by atoms with Crippen molar-refractivity contribution in [2.45, 2.75) is 38.0 Å². The molecule has 7 nitrogen and oxygen atoms in total. The van der Waals surface area contributed by atoms with E-state index in [2.05, 4.69) is 22.1 Å². The van der Waals surface area contributed by atoms with E-state index in [0.717, 1.165) is 25.7 Å². The SMILES string of the molecule is Cc1ccc(C(=O)NCC(=O)NCC2(c3cccs3)CCCC2)cc1[N+](=O)[O-]. The summed E-state index contributed by atoms with van der Waals surface area (Å²) >= 11 is 1.71. The summed E-state index contributed by atoms with van der Waals surface area (Å²) < 4.78 is 0. The van der Waals surface area contributed by atoms with E-state index < -0.39 is 10.8 Å². The lowest BCUT2D eigenvalue weighted by Gasteiger charge is -2.28. The minimum absolute atomic E-state index is 0.00853. The van der Waals surface area contributed by atoms with Gasteiger partial charge in [-0.15, -0.1) is 11.3 Å². The van der Waals surface area contributed by atoms with Gasteiger partial charge >= 0.3 is 0 Å². The van der Waals surface area contributed by atoms with Crippen LogP contribution in [0.1, 0.15) is 46.5 Å². The number of rotatable bonds is 7. The van der Waals surface area contributed by atoms with Crippen LogP contribution in [-0.4, -0.2) is 29.8 Å². The van der Waals surface area contributed by atoms with Gasteiger partial charge in [-0.2, -0.15) is 0 Å². The first kappa shape index (κ1) is 20.0. The summed E-state index contributed by atoms with van der Waals surface area (Å²) in [4.78, 5) is 36.3. The number of carbonyl (C=O) groups is 2. The monoisotopic (exact) mass is 401 g/mol. The highest BCUT2D eigenvalue weighted by Crippen LogP contribution is 2.42.